The molecule has 0 radical (unpaired) electrons. The lowest BCUT2D eigenvalue weighted by Gasteiger charge is -1.96. The van der Waals surface area contributed by atoms with Gasteiger partial charge in [-0.15, -0.1) is 0 Å². The molecule has 1 aromatic rings. The van der Waals surface area contributed by atoms with Crippen LogP contribution in [0.3, 0.4) is 0 Å². The monoisotopic (exact) mass is 165 g/mol. The minimum atomic E-state index is 0.903. The van der Waals surface area contributed by atoms with Gasteiger partial charge in [0.05, 0.1) is 0 Å². The zero-order valence-electron chi connectivity index (χ0n) is 7.85. The van der Waals surface area contributed by atoms with E-state index in [1.807, 2.05) is 32.2 Å². The molecule has 66 valence electrons. The van der Waals surface area contributed by atoms with Crippen LogP contribution in [0.2, 0.25) is 0 Å². The fourth-order valence-corrected chi connectivity index (χ4v) is 1.10. The Morgan fingerprint density at radius 2 is 2.33 bits per heavy atom. The number of furan rings is 1. The second kappa shape index (κ2) is 4.12. The van der Waals surface area contributed by atoms with Gasteiger partial charge in [0.15, 0.2) is 0 Å². The Balaban J connectivity index is 2.67. The molecule has 0 aliphatic heterocycles. The number of likely N-dealkylation sites (N-methyl/N-ethyl adjacent to an activating group) is 1. The summed E-state index contributed by atoms with van der Waals surface area (Å²) in [5.74, 6) is 1.89. The quantitative estimate of drug-likeness (QED) is 0.742. The molecule has 2 heteroatoms. The first-order chi connectivity index (χ1) is 5.72. The number of aryl methyl sites for hydroxylation is 1. The van der Waals surface area contributed by atoms with E-state index in [9.17, 15) is 0 Å². The highest BCUT2D eigenvalue weighted by Gasteiger charge is 1.94. The van der Waals surface area contributed by atoms with Crippen molar-refractivity contribution in [1.82, 2.24) is 5.32 Å². The summed E-state index contributed by atoms with van der Waals surface area (Å²) in [5, 5.41) is 3.08. The molecule has 1 heterocycles. The lowest BCUT2D eigenvalue weighted by molar-refractivity contribution is 0.524. The van der Waals surface area contributed by atoms with Gasteiger partial charge in [0.1, 0.15) is 11.5 Å². The number of nitrogens with one attached hydrogen (secondary N) is 1. The Kier molecular flexibility index (Phi) is 3.11. The number of hydrogen-bond donors (Lipinski definition) is 1. The van der Waals surface area contributed by atoms with E-state index in [0.29, 0.717) is 0 Å². The second-order valence-electron chi connectivity index (χ2n) is 2.97. The van der Waals surface area contributed by atoms with Crippen molar-refractivity contribution in [2.75, 3.05) is 13.6 Å². The van der Waals surface area contributed by atoms with Crippen LogP contribution in [-0.2, 0) is 0 Å². The van der Waals surface area contributed by atoms with Gasteiger partial charge in [0.25, 0.3) is 0 Å². The van der Waals surface area contributed by atoms with E-state index in [0.717, 1.165) is 18.1 Å². The van der Waals surface area contributed by atoms with Crippen LogP contribution in [0.5, 0.6) is 0 Å². The van der Waals surface area contributed by atoms with Gasteiger partial charge >= 0.3 is 0 Å². The van der Waals surface area contributed by atoms with Gasteiger partial charge in [0, 0.05) is 6.54 Å². The van der Waals surface area contributed by atoms with E-state index in [2.05, 4.69) is 12.2 Å². The van der Waals surface area contributed by atoms with Crippen LogP contribution in [0.1, 0.15) is 18.4 Å². The molecule has 1 N–H and O–H groups in total. The zero-order valence-corrected chi connectivity index (χ0v) is 7.85. The summed E-state index contributed by atoms with van der Waals surface area (Å²) >= 11 is 0. The van der Waals surface area contributed by atoms with Crippen molar-refractivity contribution < 1.29 is 4.42 Å². The SMILES string of the molecule is CNCC(C)=Cc1ccc(C)o1. The molecule has 0 aromatic carbocycles. The van der Waals surface area contributed by atoms with Crippen molar-refractivity contribution in [2.24, 2.45) is 0 Å². The van der Waals surface area contributed by atoms with Crippen LogP contribution in [0.15, 0.2) is 22.1 Å². The molecule has 0 atom stereocenters. The standard InChI is InChI=1S/C10H15NO/c1-8(7-11-3)6-10-5-4-9(2)12-10/h4-6,11H,7H2,1-3H3. The van der Waals surface area contributed by atoms with Gasteiger partial charge in [-0.05, 0) is 39.1 Å². The summed E-state index contributed by atoms with van der Waals surface area (Å²) in [5.41, 5.74) is 1.27. The highest BCUT2D eigenvalue weighted by molar-refractivity contribution is 5.47. The lowest BCUT2D eigenvalue weighted by Crippen LogP contribution is -2.08. The number of rotatable bonds is 3. The van der Waals surface area contributed by atoms with Gasteiger partial charge in [-0.2, -0.15) is 0 Å². The Morgan fingerprint density at radius 3 is 2.83 bits per heavy atom. The van der Waals surface area contributed by atoms with Crippen molar-refractivity contribution in [1.29, 1.82) is 0 Å². The fraction of sp³-hybridized carbons (Fsp3) is 0.400. The average molecular weight is 165 g/mol. The highest BCUT2D eigenvalue weighted by atomic mass is 16.3. The maximum Gasteiger partial charge on any atom is 0.127 e. The van der Waals surface area contributed by atoms with Crippen LogP contribution >= 0.6 is 0 Å². The minimum Gasteiger partial charge on any atom is -0.462 e. The predicted molar refractivity (Wildman–Crippen MR) is 51.0 cm³/mol. The first-order valence-electron chi connectivity index (χ1n) is 4.10. The molecule has 0 spiro atoms. The second-order valence-corrected chi connectivity index (χ2v) is 2.97. The van der Waals surface area contributed by atoms with Crippen molar-refractivity contribution >= 4 is 6.08 Å². The zero-order chi connectivity index (χ0) is 8.97. The number of hydrogen-bond acceptors (Lipinski definition) is 2. The third kappa shape index (κ3) is 2.55. The third-order valence-electron chi connectivity index (χ3n) is 1.61. The summed E-state index contributed by atoms with van der Waals surface area (Å²) in [6.07, 6.45) is 2.05. The van der Waals surface area contributed by atoms with E-state index in [4.69, 9.17) is 4.42 Å². The maximum atomic E-state index is 5.40. The molecule has 0 saturated heterocycles. The topological polar surface area (TPSA) is 25.2 Å². The molecule has 12 heavy (non-hydrogen) atoms. The Morgan fingerprint density at radius 1 is 1.58 bits per heavy atom. The minimum absolute atomic E-state index is 0.903. The van der Waals surface area contributed by atoms with E-state index < -0.39 is 0 Å². The lowest BCUT2D eigenvalue weighted by atomic mass is 10.2. The van der Waals surface area contributed by atoms with Crippen LogP contribution in [0, 0.1) is 6.92 Å². The van der Waals surface area contributed by atoms with Crippen molar-refractivity contribution in [3.8, 4) is 0 Å². The summed E-state index contributed by atoms with van der Waals surface area (Å²) in [4.78, 5) is 0. The van der Waals surface area contributed by atoms with E-state index in [1.165, 1.54) is 5.57 Å². The largest absolute Gasteiger partial charge is 0.462 e. The molecule has 0 amide bonds. The Labute approximate surface area is 73.3 Å². The molecule has 1 aromatic heterocycles. The van der Waals surface area contributed by atoms with Crippen LogP contribution < -0.4 is 5.32 Å². The fourth-order valence-electron chi connectivity index (χ4n) is 1.10. The summed E-state index contributed by atoms with van der Waals surface area (Å²) in [6.45, 7) is 4.93. The summed E-state index contributed by atoms with van der Waals surface area (Å²) in [7, 11) is 1.94. The summed E-state index contributed by atoms with van der Waals surface area (Å²) < 4.78 is 5.40. The molecular formula is C10H15NO. The van der Waals surface area contributed by atoms with Crippen molar-refractivity contribution in [3.63, 3.8) is 0 Å². The van der Waals surface area contributed by atoms with Gasteiger partial charge in [0.2, 0.25) is 0 Å². The van der Waals surface area contributed by atoms with E-state index >= 15 is 0 Å². The van der Waals surface area contributed by atoms with Crippen molar-refractivity contribution in [2.45, 2.75) is 13.8 Å². The molecule has 1 rings (SSSR count). The van der Waals surface area contributed by atoms with Crippen LogP contribution in [-0.4, -0.2) is 13.6 Å². The molecular weight excluding hydrogens is 150 g/mol. The third-order valence-corrected chi connectivity index (χ3v) is 1.61. The van der Waals surface area contributed by atoms with Gasteiger partial charge in [-0.3, -0.25) is 0 Å². The van der Waals surface area contributed by atoms with Gasteiger partial charge in [-0.25, -0.2) is 0 Å². The smallest absolute Gasteiger partial charge is 0.127 e. The van der Waals surface area contributed by atoms with E-state index in [1.54, 1.807) is 0 Å². The van der Waals surface area contributed by atoms with Crippen LogP contribution in [0.4, 0.5) is 0 Å². The molecule has 0 fully saturated rings. The summed E-state index contributed by atoms with van der Waals surface area (Å²) in [6, 6.07) is 3.95. The molecule has 0 aliphatic carbocycles. The molecule has 2 nitrogen and oxygen atoms in total. The Bertz CT molecular complexity index is 273. The first-order valence-corrected chi connectivity index (χ1v) is 4.10. The van der Waals surface area contributed by atoms with Crippen LogP contribution in [0.25, 0.3) is 6.08 Å². The molecule has 0 bridgehead atoms. The van der Waals surface area contributed by atoms with Crippen molar-refractivity contribution in [3.05, 3.63) is 29.2 Å². The first kappa shape index (κ1) is 9.07. The normalized spacial score (nSPS) is 12.1. The molecule has 0 saturated carbocycles. The average Bonchev–Trinajstić information content (AvgIpc) is 2.36. The van der Waals surface area contributed by atoms with E-state index in [-0.39, 0.29) is 0 Å². The Hall–Kier alpha value is -1.02. The maximum absolute atomic E-state index is 5.40. The molecule has 0 unspecified atom stereocenters. The highest BCUT2D eigenvalue weighted by Crippen LogP contribution is 2.10. The molecule has 0 aliphatic rings. The predicted octanol–water partition coefficient (Wildman–Crippen LogP) is 2.21. The van der Waals surface area contributed by atoms with Gasteiger partial charge in [-0.1, -0.05) is 5.57 Å². The van der Waals surface area contributed by atoms with Gasteiger partial charge < -0.3 is 9.73 Å².